The SMILES string of the molecule is CN(CCCOc1cccc(C(N)=S)c1)CC(F)F. The molecule has 0 aliphatic rings. The average Bonchev–Trinajstić information content (AvgIpc) is 2.34. The van der Waals surface area contributed by atoms with E-state index in [2.05, 4.69) is 0 Å². The first-order chi connectivity index (χ1) is 8.99. The number of benzene rings is 1. The van der Waals surface area contributed by atoms with Gasteiger partial charge in [-0.25, -0.2) is 8.78 Å². The van der Waals surface area contributed by atoms with Crippen molar-refractivity contribution in [3.8, 4) is 5.75 Å². The van der Waals surface area contributed by atoms with Gasteiger partial charge < -0.3 is 15.4 Å². The number of rotatable bonds is 8. The first-order valence-corrected chi connectivity index (χ1v) is 6.39. The molecule has 1 aromatic rings. The first kappa shape index (κ1) is 15.8. The van der Waals surface area contributed by atoms with Crippen LogP contribution in [0.4, 0.5) is 8.78 Å². The highest BCUT2D eigenvalue weighted by molar-refractivity contribution is 7.80. The molecular formula is C13H18F2N2OS. The maximum absolute atomic E-state index is 12.1. The van der Waals surface area contributed by atoms with E-state index in [4.69, 9.17) is 22.7 Å². The smallest absolute Gasteiger partial charge is 0.251 e. The maximum Gasteiger partial charge on any atom is 0.251 e. The fourth-order valence-electron chi connectivity index (χ4n) is 1.59. The number of thiocarbonyl (C=S) groups is 1. The third-order valence-corrected chi connectivity index (χ3v) is 2.76. The Kier molecular flexibility index (Phi) is 6.66. The van der Waals surface area contributed by atoms with E-state index in [9.17, 15) is 8.78 Å². The van der Waals surface area contributed by atoms with E-state index in [1.165, 1.54) is 0 Å². The third kappa shape index (κ3) is 6.45. The average molecular weight is 288 g/mol. The summed E-state index contributed by atoms with van der Waals surface area (Å²) in [6.45, 7) is 0.824. The van der Waals surface area contributed by atoms with Gasteiger partial charge >= 0.3 is 0 Å². The predicted octanol–water partition coefficient (Wildman–Crippen LogP) is 2.29. The molecule has 6 heteroatoms. The molecule has 0 atom stereocenters. The molecule has 0 aliphatic heterocycles. The first-order valence-electron chi connectivity index (χ1n) is 5.98. The molecule has 0 fully saturated rings. The van der Waals surface area contributed by atoms with E-state index in [0.29, 0.717) is 30.3 Å². The number of hydrogen-bond donors (Lipinski definition) is 1. The second kappa shape index (κ2) is 8.01. The van der Waals surface area contributed by atoms with Crippen LogP contribution in [0.15, 0.2) is 24.3 Å². The third-order valence-electron chi connectivity index (χ3n) is 2.52. The molecule has 1 aromatic carbocycles. The van der Waals surface area contributed by atoms with Crippen molar-refractivity contribution in [1.29, 1.82) is 0 Å². The molecule has 3 nitrogen and oxygen atoms in total. The minimum absolute atomic E-state index is 0.211. The lowest BCUT2D eigenvalue weighted by Crippen LogP contribution is -2.26. The molecule has 19 heavy (non-hydrogen) atoms. The fraction of sp³-hybridized carbons (Fsp3) is 0.462. The van der Waals surface area contributed by atoms with Gasteiger partial charge in [-0.05, 0) is 25.6 Å². The van der Waals surface area contributed by atoms with Crippen LogP contribution in [0, 0.1) is 0 Å². The fourth-order valence-corrected chi connectivity index (χ4v) is 1.72. The molecule has 0 saturated heterocycles. The van der Waals surface area contributed by atoms with Gasteiger partial charge in [-0.3, -0.25) is 0 Å². The number of halogens is 2. The zero-order valence-corrected chi connectivity index (χ0v) is 11.6. The summed E-state index contributed by atoms with van der Waals surface area (Å²) in [5.41, 5.74) is 6.27. The van der Waals surface area contributed by atoms with Gasteiger partial charge in [-0.2, -0.15) is 0 Å². The summed E-state index contributed by atoms with van der Waals surface area (Å²) < 4.78 is 29.7. The highest BCUT2D eigenvalue weighted by Gasteiger charge is 2.07. The van der Waals surface area contributed by atoms with Gasteiger partial charge in [0.25, 0.3) is 6.43 Å². The van der Waals surface area contributed by atoms with Crippen molar-refractivity contribution in [2.45, 2.75) is 12.8 Å². The van der Waals surface area contributed by atoms with Crippen LogP contribution in [-0.4, -0.2) is 43.1 Å². The Balaban J connectivity index is 2.29. The second-order valence-electron chi connectivity index (χ2n) is 4.25. The largest absolute Gasteiger partial charge is 0.494 e. The molecule has 0 aliphatic carbocycles. The van der Waals surface area contributed by atoms with Gasteiger partial charge in [0.2, 0.25) is 0 Å². The number of ether oxygens (including phenoxy) is 1. The van der Waals surface area contributed by atoms with Gasteiger partial charge in [0, 0.05) is 12.1 Å². The van der Waals surface area contributed by atoms with Crippen molar-refractivity contribution in [1.82, 2.24) is 4.90 Å². The molecule has 0 spiro atoms. The lowest BCUT2D eigenvalue weighted by molar-refractivity contribution is 0.0977. The molecule has 0 aromatic heterocycles. The summed E-state index contributed by atoms with van der Waals surface area (Å²) in [5.74, 6) is 0.682. The lowest BCUT2D eigenvalue weighted by atomic mass is 10.2. The zero-order valence-electron chi connectivity index (χ0n) is 10.8. The predicted molar refractivity (Wildman–Crippen MR) is 75.9 cm³/mol. The van der Waals surface area contributed by atoms with E-state index >= 15 is 0 Å². The van der Waals surface area contributed by atoms with Crippen LogP contribution >= 0.6 is 12.2 Å². The van der Waals surface area contributed by atoms with E-state index in [1.54, 1.807) is 18.0 Å². The van der Waals surface area contributed by atoms with Crippen LogP contribution in [0.25, 0.3) is 0 Å². The number of nitrogens with two attached hydrogens (primary N) is 1. The Morgan fingerprint density at radius 1 is 1.47 bits per heavy atom. The molecule has 0 radical (unpaired) electrons. The number of hydrogen-bond acceptors (Lipinski definition) is 3. The Morgan fingerprint density at radius 2 is 2.21 bits per heavy atom. The van der Waals surface area contributed by atoms with Crippen LogP contribution in [-0.2, 0) is 0 Å². The molecule has 0 unspecified atom stereocenters. The Morgan fingerprint density at radius 3 is 2.84 bits per heavy atom. The molecule has 2 N–H and O–H groups in total. The number of nitrogens with zero attached hydrogens (tertiary/aromatic N) is 1. The molecule has 0 bridgehead atoms. The molecule has 0 saturated carbocycles. The van der Waals surface area contributed by atoms with Gasteiger partial charge in [0.1, 0.15) is 10.7 Å². The van der Waals surface area contributed by atoms with Crippen LogP contribution in [0.2, 0.25) is 0 Å². The molecule has 106 valence electrons. The summed E-state index contributed by atoms with van der Waals surface area (Å²) in [6, 6.07) is 7.20. The molecular weight excluding hydrogens is 270 g/mol. The van der Waals surface area contributed by atoms with E-state index < -0.39 is 6.43 Å². The molecule has 0 amide bonds. The van der Waals surface area contributed by atoms with Crippen LogP contribution in [0.3, 0.4) is 0 Å². The topological polar surface area (TPSA) is 38.5 Å². The van der Waals surface area contributed by atoms with E-state index in [0.717, 1.165) is 5.56 Å². The van der Waals surface area contributed by atoms with Crippen molar-refractivity contribution in [3.05, 3.63) is 29.8 Å². The van der Waals surface area contributed by atoms with Crippen molar-refractivity contribution >= 4 is 17.2 Å². The quantitative estimate of drug-likeness (QED) is 0.588. The van der Waals surface area contributed by atoms with Crippen molar-refractivity contribution < 1.29 is 13.5 Å². The highest BCUT2D eigenvalue weighted by Crippen LogP contribution is 2.13. The summed E-state index contributed by atoms with van der Waals surface area (Å²) in [6.07, 6.45) is -1.62. The van der Waals surface area contributed by atoms with Gasteiger partial charge in [0.15, 0.2) is 0 Å². The molecule has 0 heterocycles. The minimum atomic E-state index is -2.30. The lowest BCUT2D eigenvalue weighted by Gasteiger charge is -2.15. The van der Waals surface area contributed by atoms with E-state index in [-0.39, 0.29) is 6.54 Å². The van der Waals surface area contributed by atoms with Crippen LogP contribution in [0.5, 0.6) is 5.75 Å². The number of alkyl halides is 2. The standard InChI is InChI=1S/C13H18F2N2OS/c1-17(9-12(14)15)6-3-7-18-11-5-2-4-10(8-11)13(16)19/h2,4-5,8,12H,3,6-7,9H2,1H3,(H2,16,19). The Labute approximate surface area is 117 Å². The summed E-state index contributed by atoms with van der Waals surface area (Å²) in [7, 11) is 1.67. The van der Waals surface area contributed by atoms with Crippen LogP contribution in [0.1, 0.15) is 12.0 Å². The van der Waals surface area contributed by atoms with Crippen molar-refractivity contribution in [2.24, 2.45) is 5.73 Å². The van der Waals surface area contributed by atoms with Crippen molar-refractivity contribution in [2.75, 3.05) is 26.7 Å². The summed E-state index contributed by atoms with van der Waals surface area (Å²) in [5, 5.41) is 0. The van der Waals surface area contributed by atoms with Gasteiger partial charge in [0.05, 0.1) is 13.2 Å². The molecule has 1 rings (SSSR count). The van der Waals surface area contributed by atoms with Gasteiger partial charge in [-0.15, -0.1) is 0 Å². The van der Waals surface area contributed by atoms with Gasteiger partial charge in [-0.1, -0.05) is 24.4 Å². The normalized spacial score (nSPS) is 11.0. The zero-order chi connectivity index (χ0) is 14.3. The summed E-state index contributed by atoms with van der Waals surface area (Å²) in [4.78, 5) is 1.90. The van der Waals surface area contributed by atoms with Crippen LogP contribution < -0.4 is 10.5 Å². The highest BCUT2D eigenvalue weighted by atomic mass is 32.1. The summed E-state index contributed by atoms with van der Waals surface area (Å²) >= 11 is 4.88. The Hall–Kier alpha value is -1.27. The maximum atomic E-state index is 12.1. The monoisotopic (exact) mass is 288 g/mol. The Bertz CT molecular complexity index is 415. The second-order valence-corrected chi connectivity index (χ2v) is 4.69. The minimum Gasteiger partial charge on any atom is -0.494 e. The van der Waals surface area contributed by atoms with E-state index in [1.807, 2.05) is 18.2 Å². The van der Waals surface area contributed by atoms with Crippen molar-refractivity contribution in [3.63, 3.8) is 0 Å².